The van der Waals surface area contributed by atoms with E-state index >= 15 is 0 Å². The van der Waals surface area contributed by atoms with Crippen LogP contribution in [0.3, 0.4) is 0 Å². The Hall–Kier alpha value is -3.72. The number of thiazole rings is 1. The van der Waals surface area contributed by atoms with Crippen LogP contribution < -0.4 is 15.4 Å². The van der Waals surface area contributed by atoms with Crippen LogP contribution in [0, 0.1) is 5.92 Å². The molecular weight excluding hydrogens is 466 g/mol. The number of anilines is 1. The van der Waals surface area contributed by atoms with Crippen LogP contribution in [0.25, 0.3) is 11.3 Å². The number of ether oxygens (including phenoxy) is 2. The Bertz CT molecular complexity index is 1160. The Kier molecular flexibility index (Phi) is 8.97. The van der Waals surface area contributed by atoms with E-state index in [0.717, 1.165) is 11.3 Å². The zero-order chi connectivity index (χ0) is 25.4. The lowest BCUT2D eigenvalue weighted by atomic mass is 10.0. The highest BCUT2D eigenvalue weighted by Crippen LogP contribution is 2.25. The molecule has 0 saturated heterocycles. The van der Waals surface area contributed by atoms with E-state index in [0.29, 0.717) is 23.1 Å². The number of carbonyl (C=O) groups excluding carboxylic acids is 3. The minimum Gasteiger partial charge on any atom is -0.493 e. The number of rotatable bonds is 10. The third kappa shape index (κ3) is 6.89. The Morgan fingerprint density at radius 3 is 2.37 bits per heavy atom. The number of amides is 2. The summed E-state index contributed by atoms with van der Waals surface area (Å²) in [7, 11) is 0. The van der Waals surface area contributed by atoms with Crippen molar-refractivity contribution in [2.24, 2.45) is 5.92 Å². The van der Waals surface area contributed by atoms with Crippen LogP contribution in [0.4, 0.5) is 5.13 Å². The molecule has 35 heavy (non-hydrogen) atoms. The lowest BCUT2D eigenvalue weighted by Crippen LogP contribution is -2.47. The maximum atomic E-state index is 12.9. The molecule has 2 atom stereocenters. The van der Waals surface area contributed by atoms with E-state index in [1.807, 2.05) is 42.6 Å². The van der Waals surface area contributed by atoms with Gasteiger partial charge in [0.25, 0.3) is 11.8 Å². The molecule has 0 saturated carbocycles. The molecule has 0 aliphatic heterocycles. The summed E-state index contributed by atoms with van der Waals surface area (Å²) in [6, 6.07) is 15.4. The van der Waals surface area contributed by atoms with E-state index in [-0.39, 0.29) is 5.92 Å². The summed E-state index contributed by atoms with van der Waals surface area (Å²) in [6.45, 7) is 7.27. The molecule has 3 aromatic rings. The van der Waals surface area contributed by atoms with Gasteiger partial charge in [0.15, 0.2) is 11.2 Å². The van der Waals surface area contributed by atoms with Crippen molar-refractivity contribution in [3.05, 3.63) is 65.5 Å². The van der Waals surface area contributed by atoms with Crippen molar-refractivity contribution in [3.63, 3.8) is 0 Å². The first-order valence-electron chi connectivity index (χ1n) is 11.3. The van der Waals surface area contributed by atoms with Crippen LogP contribution in [-0.4, -0.2) is 41.5 Å². The molecule has 1 heterocycles. The normalized spacial score (nSPS) is 12.5. The van der Waals surface area contributed by atoms with Crippen molar-refractivity contribution >= 4 is 34.3 Å². The first kappa shape index (κ1) is 25.9. The van der Waals surface area contributed by atoms with Gasteiger partial charge in [0.2, 0.25) is 0 Å². The van der Waals surface area contributed by atoms with Gasteiger partial charge < -0.3 is 14.8 Å². The molecule has 0 fully saturated rings. The van der Waals surface area contributed by atoms with Crippen LogP contribution in [0.5, 0.6) is 5.75 Å². The zero-order valence-corrected chi connectivity index (χ0v) is 20.9. The monoisotopic (exact) mass is 495 g/mol. The quantitative estimate of drug-likeness (QED) is 0.400. The minimum atomic E-state index is -1.08. The van der Waals surface area contributed by atoms with Crippen molar-refractivity contribution in [2.75, 3.05) is 11.9 Å². The Morgan fingerprint density at radius 2 is 1.69 bits per heavy atom. The number of para-hydroxylation sites is 1. The van der Waals surface area contributed by atoms with Crippen molar-refractivity contribution < 1.29 is 23.9 Å². The lowest BCUT2D eigenvalue weighted by Gasteiger charge is -2.23. The van der Waals surface area contributed by atoms with Crippen molar-refractivity contribution in [1.82, 2.24) is 10.3 Å². The topological polar surface area (TPSA) is 107 Å². The molecule has 0 aliphatic carbocycles. The SMILES string of the molecule is CCOc1ccccc1C(=O)N[C@H](C(=O)OC(C)C(=O)Nc1nc(-c2ccccc2)cs1)C(C)C. The van der Waals surface area contributed by atoms with Gasteiger partial charge in [0, 0.05) is 10.9 Å². The van der Waals surface area contributed by atoms with Gasteiger partial charge in [-0.3, -0.25) is 14.9 Å². The molecule has 0 aliphatic rings. The smallest absolute Gasteiger partial charge is 0.329 e. The Morgan fingerprint density at radius 1 is 1.00 bits per heavy atom. The average molecular weight is 496 g/mol. The average Bonchev–Trinajstić information content (AvgIpc) is 3.31. The van der Waals surface area contributed by atoms with E-state index in [2.05, 4.69) is 15.6 Å². The molecule has 0 radical (unpaired) electrons. The highest BCUT2D eigenvalue weighted by Gasteiger charge is 2.30. The molecule has 8 nitrogen and oxygen atoms in total. The predicted molar refractivity (Wildman–Crippen MR) is 135 cm³/mol. The molecule has 2 aromatic carbocycles. The minimum absolute atomic E-state index is 0.270. The zero-order valence-electron chi connectivity index (χ0n) is 20.1. The Balaban J connectivity index is 1.61. The van der Waals surface area contributed by atoms with Crippen LogP contribution in [0.1, 0.15) is 38.1 Å². The Labute approximate surface area is 208 Å². The van der Waals surface area contributed by atoms with Gasteiger partial charge in [-0.25, -0.2) is 9.78 Å². The summed E-state index contributed by atoms with van der Waals surface area (Å²) >= 11 is 1.28. The van der Waals surface area contributed by atoms with E-state index in [1.54, 1.807) is 38.1 Å². The van der Waals surface area contributed by atoms with Crippen LogP contribution in [-0.2, 0) is 14.3 Å². The molecular formula is C26H29N3O5S. The van der Waals surface area contributed by atoms with Gasteiger partial charge in [-0.05, 0) is 31.9 Å². The summed E-state index contributed by atoms with van der Waals surface area (Å²) in [5, 5.41) is 7.63. The van der Waals surface area contributed by atoms with E-state index in [4.69, 9.17) is 9.47 Å². The molecule has 3 rings (SSSR count). The van der Waals surface area contributed by atoms with E-state index in [9.17, 15) is 14.4 Å². The van der Waals surface area contributed by atoms with Gasteiger partial charge in [-0.1, -0.05) is 56.3 Å². The molecule has 1 aromatic heterocycles. The summed E-state index contributed by atoms with van der Waals surface area (Å²) in [6.07, 6.45) is -1.08. The summed E-state index contributed by atoms with van der Waals surface area (Å²) < 4.78 is 10.9. The van der Waals surface area contributed by atoms with Gasteiger partial charge >= 0.3 is 5.97 Å². The number of hydrogen-bond donors (Lipinski definition) is 2. The molecule has 0 spiro atoms. The van der Waals surface area contributed by atoms with Crippen molar-refractivity contribution in [2.45, 2.75) is 39.8 Å². The van der Waals surface area contributed by atoms with E-state index < -0.39 is 29.9 Å². The standard InChI is InChI=1S/C26H29N3O5S/c1-5-33-21-14-10-9-13-19(21)24(31)28-22(16(2)3)25(32)34-17(4)23(30)29-26-27-20(15-35-26)18-11-7-6-8-12-18/h6-17,22H,5H2,1-4H3,(H,28,31)(H,27,29,30)/t17?,22-/m0/s1. The first-order chi connectivity index (χ1) is 16.8. The second kappa shape index (κ2) is 12.1. The summed E-state index contributed by atoms with van der Waals surface area (Å²) in [5.41, 5.74) is 1.99. The fourth-order valence-electron chi connectivity index (χ4n) is 3.23. The number of benzene rings is 2. The largest absolute Gasteiger partial charge is 0.493 e. The fraction of sp³-hybridized carbons (Fsp3) is 0.308. The maximum Gasteiger partial charge on any atom is 0.329 e. The molecule has 0 bridgehead atoms. The maximum absolute atomic E-state index is 12.9. The third-order valence-corrected chi connectivity index (χ3v) is 5.86. The highest BCUT2D eigenvalue weighted by atomic mass is 32.1. The van der Waals surface area contributed by atoms with Crippen molar-refractivity contribution in [3.8, 4) is 17.0 Å². The first-order valence-corrected chi connectivity index (χ1v) is 12.2. The van der Waals surface area contributed by atoms with Gasteiger partial charge in [0.05, 0.1) is 17.9 Å². The van der Waals surface area contributed by atoms with Crippen LogP contribution >= 0.6 is 11.3 Å². The summed E-state index contributed by atoms with van der Waals surface area (Å²) in [5.74, 6) is -1.52. The molecule has 2 amide bonds. The second-order valence-corrected chi connectivity index (χ2v) is 8.95. The molecule has 2 N–H and O–H groups in total. The summed E-state index contributed by atoms with van der Waals surface area (Å²) in [4.78, 5) is 42.8. The number of carbonyl (C=O) groups is 3. The van der Waals surface area contributed by atoms with E-state index in [1.165, 1.54) is 18.3 Å². The lowest BCUT2D eigenvalue weighted by molar-refractivity contribution is -0.156. The number of hydrogen-bond acceptors (Lipinski definition) is 7. The number of nitrogens with one attached hydrogen (secondary N) is 2. The van der Waals surface area contributed by atoms with Crippen molar-refractivity contribution in [1.29, 1.82) is 0 Å². The van der Waals surface area contributed by atoms with Gasteiger partial charge in [0.1, 0.15) is 11.8 Å². The number of aromatic nitrogens is 1. The van der Waals surface area contributed by atoms with Gasteiger partial charge in [-0.15, -0.1) is 11.3 Å². The highest BCUT2D eigenvalue weighted by molar-refractivity contribution is 7.14. The predicted octanol–water partition coefficient (Wildman–Crippen LogP) is 4.53. The molecule has 1 unspecified atom stereocenters. The van der Waals surface area contributed by atoms with Gasteiger partial charge in [-0.2, -0.15) is 0 Å². The number of esters is 1. The third-order valence-electron chi connectivity index (χ3n) is 5.10. The van der Waals surface area contributed by atoms with Crippen LogP contribution in [0.15, 0.2) is 60.0 Å². The molecule has 9 heteroatoms. The second-order valence-electron chi connectivity index (χ2n) is 8.10. The number of nitrogens with zero attached hydrogens (tertiary/aromatic N) is 1. The molecule has 184 valence electrons. The van der Waals surface area contributed by atoms with Crippen LogP contribution in [0.2, 0.25) is 0 Å². The fourth-order valence-corrected chi connectivity index (χ4v) is 3.96.